The lowest BCUT2D eigenvalue weighted by molar-refractivity contribution is -0.140. The van der Waals surface area contributed by atoms with Gasteiger partial charge in [0.2, 0.25) is 11.8 Å². The third-order valence-electron chi connectivity index (χ3n) is 6.66. The molecule has 1 aliphatic heterocycles. The molecule has 174 valence electrons. The van der Waals surface area contributed by atoms with Gasteiger partial charge in [-0.2, -0.15) is 0 Å². The molecule has 2 aromatic rings. The number of rotatable bonds is 7. The molecule has 1 saturated heterocycles. The molecule has 4 atom stereocenters. The van der Waals surface area contributed by atoms with Crippen LogP contribution in [0.25, 0.3) is 11.3 Å². The van der Waals surface area contributed by atoms with Gasteiger partial charge in [0, 0.05) is 31.1 Å². The highest BCUT2D eigenvalue weighted by molar-refractivity contribution is 14.0. The average molecular weight is 577 g/mol. The van der Waals surface area contributed by atoms with Crippen molar-refractivity contribution in [2.24, 2.45) is 28.7 Å². The van der Waals surface area contributed by atoms with Crippen LogP contribution < -0.4 is 10.6 Å². The minimum Gasteiger partial charge on any atom is -0.356 e. The number of nitrogens with one attached hydrogen (secondary N) is 2. The van der Waals surface area contributed by atoms with Crippen LogP contribution in [-0.2, 0) is 16.1 Å². The molecule has 2 heterocycles. The zero-order valence-corrected chi connectivity index (χ0v) is 21.6. The van der Waals surface area contributed by atoms with E-state index in [0.29, 0.717) is 32.0 Å². The molecule has 0 radical (unpaired) electrons. The van der Waals surface area contributed by atoms with E-state index in [0.717, 1.165) is 22.7 Å². The molecular weight excluding hydrogens is 549 g/mol. The molecule has 7 nitrogen and oxygen atoms in total. The van der Waals surface area contributed by atoms with E-state index in [2.05, 4.69) is 50.3 Å². The fourth-order valence-electron chi connectivity index (χ4n) is 5.14. The van der Waals surface area contributed by atoms with Crippen molar-refractivity contribution in [3.63, 3.8) is 0 Å². The molecule has 3 aliphatic rings. The first kappa shape index (κ1) is 23.9. The molecule has 2 N–H and O–H groups in total. The zero-order valence-electron chi connectivity index (χ0n) is 18.4. The summed E-state index contributed by atoms with van der Waals surface area (Å²) in [6.45, 7) is 1.67. The minimum atomic E-state index is -0.112. The summed E-state index contributed by atoms with van der Waals surface area (Å²) in [7, 11) is 1.73. The molecule has 5 rings (SSSR count). The fourth-order valence-corrected chi connectivity index (χ4v) is 5.88. The first-order chi connectivity index (χ1) is 15.7. The van der Waals surface area contributed by atoms with Gasteiger partial charge < -0.3 is 10.6 Å². The fraction of sp³-hybridized carbons (Fsp3) is 0.417. The van der Waals surface area contributed by atoms with Gasteiger partial charge in [0.25, 0.3) is 0 Å². The van der Waals surface area contributed by atoms with Crippen molar-refractivity contribution in [3.8, 4) is 11.3 Å². The topological polar surface area (TPSA) is 86.7 Å². The summed E-state index contributed by atoms with van der Waals surface area (Å²) in [4.78, 5) is 35.9. The Morgan fingerprint density at radius 3 is 2.48 bits per heavy atom. The Kier molecular flexibility index (Phi) is 7.48. The quantitative estimate of drug-likeness (QED) is 0.132. The van der Waals surface area contributed by atoms with Gasteiger partial charge in [0.15, 0.2) is 5.96 Å². The smallest absolute Gasteiger partial charge is 0.233 e. The van der Waals surface area contributed by atoms with Crippen LogP contribution in [0.15, 0.2) is 52.9 Å². The van der Waals surface area contributed by atoms with Crippen molar-refractivity contribution >= 4 is 53.1 Å². The number of aliphatic imine (C=N–C) groups is 1. The summed E-state index contributed by atoms with van der Waals surface area (Å²) < 4.78 is 0. The van der Waals surface area contributed by atoms with Crippen molar-refractivity contribution in [1.29, 1.82) is 0 Å². The Morgan fingerprint density at radius 2 is 1.82 bits per heavy atom. The normalized spacial score (nSPS) is 25.4. The number of nitrogens with zero attached hydrogens (tertiary/aromatic N) is 3. The summed E-state index contributed by atoms with van der Waals surface area (Å²) in [6.07, 6.45) is 5.91. The van der Waals surface area contributed by atoms with Gasteiger partial charge in [0.1, 0.15) is 5.01 Å². The lowest BCUT2D eigenvalue weighted by Gasteiger charge is -2.17. The van der Waals surface area contributed by atoms with Gasteiger partial charge in [-0.25, -0.2) is 4.98 Å². The second kappa shape index (κ2) is 10.3. The number of halogens is 1. The van der Waals surface area contributed by atoms with Crippen molar-refractivity contribution in [2.45, 2.75) is 19.4 Å². The Balaban J connectivity index is 0.00000259. The summed E-state index contributed by atoms with van der Waals surface area (Å²) >= 11 is 1.61. The maximum Gasteiger partial charge on any atom is 0.233 e. The molecule has 33 heavy (non-hydrogen) atoms. The van der Waals surface area contributed by atoms with Crippen LogP contribution >= 0.6 is 35.3 Å². The van der Waals surface area contributed by atoms with Crippen LogP contribution in [-0.4, -0.2) is 47.8 Å². The highest BCUT2D eigenvalue weighted by Crippen LogP contribution is 2.52. The molecule has 2 bridgehead atoms. The van der Waals surface area contributed by atoms with E-state index in [4.69, 9.17) is 0 Å². The van der Waals surface area contributed by atoms with Crippen LogP contribution in [0.2, 0.25) is 0 Å². The van der Waals surface area contributed by atoms with Crippen molar-refractivity contribution < 1.29 is 9.59 Å². The van der Waals surface area contributed by atoms with Crippen molar-refractivity contribution in [1.82, 2.24) is 20.5 Å². The van der Waals surface area contributed by atoms with E-state index in [9.17, 15) is 9.59 Å². The molecule has 9 heteroatoms. The van der Waals surface area contributed by atoms with Gasteiger partial charge in [-0.05, 0) is 24.7 Å². The van der Waals surface area contributed by atoms with Crippen LogP contribution in [0, 0.1) is 23.7 Å². The number of fused-ring (bicyclic) bond motifs is 5. The molecule has 2 amide bonds. The predicted octanol–water partition coefficient (Wildman–Crippen LogP) is 3.29. The molecule has 1 saturated carbocycles. The predicted molar refractivity (Wildman–Crippen MR) is 140 cm³/mol. The third kappa shape index (κ3) is 4.70. The Morgan fingerprint density at radius 1 is 1.12 bits per heavy atom. The zero-order chi connectivity index (χ0) is 22.1. The first-order valence-electron chi connectivity index (χ1n) is 11.1. The second-order valence-corrected chi connectivity index (χ2v) is 9.47. The summed E-state index contributed by atoms with van der Waals surface area (Å²) in [6, 6.07) is 10.1. The van der Waals surface area contributed by atoms with Gasteiger partial charge in [-0.15, -0.1) is 35.3 Å². The lowest BCUT2D eigenvalue weighted by atomic mass is 9.85. The van der Waals surface area contributed by atoms with Crippen LogP contribution in [0.5, 0.6) is 0 Å². The van der Waals surface area contributed by atoms with Gasteiger partial charge >= 0.3 is 0 Å². The molecule has 2 fully saturated rings. The highest BCUT2D eigenvalue weighted by Gasteiger charge is 2.58. The Hall–Kier alpha value is -2.27. The van der Waals surface area contributed by atoms with E-state index < -0.39 is 0 Å². The van der Waals surface area contributed by atoms with Gasteiger partial charge in [-0.1, -0.05) is 42.5 Å². The number of likely N-dealkylation sites (tertiary alicyclic amines) is 1. The molecule has 1 aromatic heterocycles. The number of thiazole rings is 1. The molecule has 4 unspecified atom stereocenters. The van der Waals surface area contributed by atoms with E-state index in [1.807, 2.05) is 18.2 Å². The highest BCUT2D eigenvalue weighted by atomic mass is 127. The molecule has 0 spiro atoms. The maximum absolute atomic E-state index is 12.7. The number of imide groups is 1. The van der Waals surface area contributed by atoms with Crippen LogP contribution in [0.3, 0.4) is 0 Å². The molecule has 2 aliphatic carbocycles. The summed E-state index contributed by atoms with van der Waals surface area (Å²) in [5.41, 5.74) is 2.08. The second-order valence-electron chi connectivity index (χ2n) is 8.53. The number of allylic oxidation sites excluding steroid dienone is 2. The van der Waals surface area contributed by atoms with Gasteiger partial charge in [0.05, 0.1) is 24.1 Å². The van der Waals surface area contributed by atoms with Gasteiger partial charge in [-0.3, -0.25) is 19.5 Å². The number of hydrogen-bond donors (Lipinski definition) is 2. The Labute approximate surface area is 214 Å². The van der Waals surface area contributed by atoms with Crippen molar-refractivity contribution in [3.05, 3.63) is 52.9 Å². The number of benzene rings is 1. The number of aromatic nitrogens is 1. The number of carbonyl (C=O) groups excluding carboxylic acids is 2. The van der Waals surface area contributed by atoms with Crippen molar-refractivity contribution in [2.75, 3.05) is 20.1 Å². The molecular formula is C24H28IN5O2S. The third-order valence-corrected chi connectivity index (χ3v) is 7.51. The SMILES string of the molecule is CN=C(NCCCN1C(=O)C2C3C=CC(C3)C2C1=O)NCc1nc(-c2ccccc2)cs1.I. The molecule has 1 aromatic carbocycles. The average Bonchev–Trinajstić information content (AvgIpc) is 3.60. The summed E-state index contributed by atoms with van der Waals surface area (Å²) in [5.74, 6) is 1.04. The Bertz CT molecular complexity index is 1040. The van der Waals surface area contributed by atoms with Crippen LogP contribution in [0.1, 0.15) is 17.8 Å². The van der Waals surface area contributed by atoms with E-state index in [1.54, 1.807) is 18.4 Å². The lowest BCUT2D eigenvalue weighted by Crippen LogP contribution is -2.39. The first-order valence-corrected chi connectivity index (χ1v) is 12.0. The monoisotopic (exact) mass is 577 g/mol. The minimum absolute atomic E-state index is 0. The maximum atomic E-state index is 12.7. The largest absolute Gasteiger partial charge is 0.356 e. The number of carbonyl (C=O) groups is 2. The standard InChI is InChI=1S/C24H27N5O2S.HI/c1-25-24(27-13-19-28-18(14-32-19)15-6-3-2-4-7-15)26-10-5-11-29-22(30)20-16-8-9-17(12-16)21(20)23(29)31;/h2-4,6-9,14,16-17,20-21H,5,10-13H2,1H3,(H2,25,26,27);1H. The van der Waals surface area contributed by atoms with E-state index >= 15 is 0 Å². The van der Waals surface area contributed by atoms with E-state index in [-0.39, 0.29) is 59.5 Å². The summed E-state index contributed by atoms with van der Waals surface area (Å²) in [5, 5.41) is 9.59. The number of guanidine groups is 1. The van der Waals surface area contributed by atoms with Crippen LogP contribution in [0.4, 0.5) is 0 Å². The number of amides is 2. The van der Waals surface area contributed by atoms with E-state index in [1.165, 1.54) is 4.90 Å². The number of hydrogen-bond acceptors (Lipinski definition) is 5.